The van der Waals surface area contributed by atoms with Crippen molar-refractivity contribution in [1.29, 1.82) is 0 Å². The maximum Gasteiger partial charge on any atom is 0.426 e. The first-order chi connectivity index (χ1) is 12.7. The molecule has 2 atom stereocenters. The maximum atomic E-state index is 13.9. The van der Waals surface area contributed by atoms with Crippen LogP contribution in [0.25, 0.3) is 0 Å². The molecule has 1 aliphatic carbocycles. The number of carbonyl (C=O) groups is 1. The molecule has 0 unspecified atom stereocenters. The van der Waals surface area contributed by atoms with E-state index < -0.39 is 82.0 Å². The van der Waals surface area contributed by atoms with Crippen LogP contribution in [0.3, 0.4) is 0 Å². The number of benzene rings is 1. The second-order valence-corrected chi connectivity index (χ2v) is 7.22. The van der Waals surface area contributed by atoms with E-state index in [1.54, 1.807) is 0 Å². The predicted octanol–water partition coefficient (Wildman–Crippen LogP) is 4.74. The summed E-state index contributed by atoms with van der Waals surface area (Å²) in [5.74, 6) is -10.5. The average Bonchev–Trinajstić information content (AvgIpc) is 3.13. The molecule has 0 bridgehead atoms. The fourth-order valence-corrected chi connectivity index (χ4v) is 3.05. The van der Waals surface area contributed by atoms with Gasteiger partial charge in [-0.2, -0.15) is 13.2 Å². The number of aliphatic hydroxyl groups excluding tert-OH is 1. The van der Waals surface area contributed by atoms with Crippen LogP contribution in [0.4, 0.5) is 30.7 Å². The summed E-state index contributed by atoms with van der Waals surface area (Å²) in [7, 11) is 0. The summed E-state index contributed by atoms with van der Waals surface area (Å²) < 4.78 is 97.2. The zero-order chi connectivity index (χ0) is 21.6. The van der Waals surface area contributed by atoms with Crippen LogP contribution in [-0.2, 0) is 22.7 Å². The van der Waals surface area contributed by atoms with E-state index >= 15 is 0 Å². The first kappa shape index (κ1) is 22.5. The minimum Gasteiger partial charge on any atom is -0.460 e. The molecule has 3 nitrogen and oxygen atoms in total. The number of rotatable bonds is 5. The summed E-state index contributed by atoms with van der Waals surface area (Å²) in [5, 5.41) is 7.33. The third-order valence-corrected chi connectivity index (χ3v) is 5.06. The normalized spacial score (nSPS) is 21.6. The SMILES string of the molecule is CC1(C)[C@@H](/C=C(\Cl)C(F)(F)F)[C@@H]1C(=O)OCc1c(F)c(F)c(CO)c(F)c1F. The Bertz CT molecular complexity index is 804. The van der Waals surface area contributed by atoms with E-state index in [2.05, 4.69) is 4.74 Å². The quantitative estimate of drug-likeness (QED) is 0.414. The topological polar surface area (TPSA) is 46.5 Å². The lowest BCUT2D eigenvalue weighted by Gasteiger charge is -2.11. The van der Waals surface area contributed by atoms with Gasteiger partial charge in [0, 0.05) is 0 Å². The van der Waals surface area contributed by atoms with Gasteiger partial charge in [0.1, 0.15) is 11.6 Å². The fraction of sp³-hybridized carbons (Fsp3) is 0.471. The van der Waals surface area contributed by atoms with Crippen LogP contribution >= 0.6 is 11.6 Å². The number of esters is 1. The van der Waals surface area contributed by atoms with Gasteiger partial charge >= 0.3 is 12.1 Å². The molecule has 0 radical (unpaired) electrons. The number of carbonyl (C=O) groups excluding carboxylic acids is 1. The fourth-order valence-electron chi connectivity index (χ4n) is 2.91. The largest absolute Gasteiger partial charge is 0.460 e. The van der Waals surface area contributed by atoms with Gasteiger partial charge in [0.05, 0.1) is 23.7 Å². The number of aliphatic hydroxyl groups is 1. The number of alkyl halides is 3. The Labute approximate surface area is 159 Å². The van der Waals surface area contributed by atoms with Gasteiger partial charge in [-0.3, -0.25) is 4.79 Å². The van der Waals surface area contributed by atoms with E-state index in [9.17, 15) is 35.5 Å². The molecule has 0 heterocycles. The Morgan fingerprint density at radius 2 is 1.57 bits per heavy atom. The second-order valence-electron chi connectivity index (χ2n) is 6.82. The van der Waals surface area contributed by atoms with Crippen LogP contribution in [0.15, 0.2) is 11.1 Å². The molecule has 1 N–H and O–H groups in total. The zero-order valence-electron chi connectivity index (χ0n) is 14.4. The van der Waals surface area contributed by atoms with Crippen molar-refractivity contribution in [1.82, 2.24) is 0 Å². The minimum atomic E-state index is -4.80. The predicted molar refractivity (Wildman–Crippen MR) is 82.7 cm³/mol. The van der Waals surface area contributed by atoms with Gasteiger partial charge in [-0.25, -0.2) is 17.6 Å². The third-order valence-electron chi connectivity index (χ3n) is 4.72. The Kier molecular flexibility index (Phi) is 6.06. The van der Waals surface area contributed by atoms with E-state index in [1.807, 2.05) is 0 Å². The van der Waals surface area contributed by atoms with Crippen LogP contribution < -0.4 is 0 Å². The molecule has 1 fully saturated rings. The van der Waals surface area contributed by atoms with Crippen LogP contribution in [0.5, 0.6) is 0 Å². The molecule has 0 aliphatic heterocycles. The van der Waals surface area contributed by atoms with Crippen molar-refractivity contribution >= 4 is 17.6 Å². The first-order valence-electron chi connectivity index (χ1n) is 7.80. The van der Waals surface area contributed by atoms with Crippen molar-refractivity contribution in [3.05, 3.63) is 45.5 Å². The van der Waals surface area contributed by atoms with Crippen LogP contribution in [0, 0.1) is 40.5 Å². The Hall–Kier alpha value is -1.81. The molecule has 1 aromatic rings. The molecule has 1 saturated carbocycles. The Morgan fingerprint density at radius 3 is 2.00 bits per heavy atom. The van der Waals surface area contributed by atoms with Crippen molar-refractivity contribution in [2.45, 2.75) is 33.2 Å². The van der Waals surface area contributed by atoms with Gasteiger partial charge in [-0.15, -0.1) is 0 Å². The summed E-state index contributed by atoms with van der Waals surface area (Å²) in [4.78, 5) is 12.1. The number of hydrogen-bond donors (Lipinski definition) is 1. The van der Waals surface area contributed by atoms with Gasteiger partial charge in [0.2, 0.25) is 0 Å². The molecule has 0 spiro atoms. The number of hydrogen-bond acceptors (Lipinski definition) is 3. The highest BCUT2D eigenvalue weighted by atomic mass is 35.5. The lowest BCUT2D eigenvalue weighted by Crippen LogP contribution is -2.15. The van der Waals surface area contributed by atoms with E-state index in [-0.39, 0.29) is 0 Å². The Morgan fingerprint density at radius 1 is 1.11 bits per heavy atom. The lowest BCUT2D eigenvalue weighted by atomic mass is 10.1. The van der Waals surface area contributed by atoms with E-state index in [4.69, 9.17) is 16.7 Å². The highest BCUT2D eigenvalue weighted by Crippen LogP contribution is 2.60. The molecule has 0 amide bonds. The van der Waals surface area contributed by atoms with Crippen LogP contribution in [0.2, 0.25) is 0 Å². The van der Waals surface area contributed by atoms with Crippen molar-refractivity contribution in [3.63, 3.8) is 0 Å². The van der Waals surface area contributed by atoms with Crippen molar-refractivity contribution in [3.8, 4) is 0 Å². The highest BCUT2D eigenvalue weighted by Gasteiger charge is 2.62. The van der Waals surface area contributed by atoms with E-state index in [0.29, 0.717) is 6.08 Å². The molecule has 1 aliphatic rings. The molecule has 1 aromatic carbocycles. The summed E-state index contributed by atoms with van der Waals surface area (Å²) in [6, 6.07) is 0. The van der Waals surface area contributed by atoms with E-state index in [0.717, 1.165) is 0 Å². The second kappa shape index (κ2) is 7.55. The van der Waals surface area contributed by atoms with Crippen molar-refractivity contribution in [2.75, 3.05) is 0 Å². The average molecular weight is 435 g/mol. The number of ether oxygens (including phenoxy) is 1. The molecule has 0 saturated heterocycles. The molecule has 2 rings (SSSR count). The monoisotopic (exact) mass is 434 g/mol. The standard InChI is InChI=1S/C17H14ClF7O3/c1-16(2)8(3-9(18)17(23,24)25)10(16)15(27)28-5-7-13(21)11(19)6(4-26)12(20)14(7)22/h3,8,10,26H,4-5H2,1-2H3/b9-3-/t8-,10+/m0/s1. The molecular formula is C17H14ClF7O3. The van der Waals surface area contributed by atoms with Crippen molar-refractivity contribution < 1.29 is 45.4 Å². The smallest absolute Gasteiger partial charge is 0.426 e. The summed E-state index contributed by atoms with van der Waals surface area (Å²) in [6.07, 6.45) is -4.16. The minimum absolute atomic E-state index is 0.643. The van der Waals surface area contributed by atoms with Crippen LogP contribution in [0.1, 0.15) is 25.0 Å². The summed E-state index contributed by atoms with van der Waals surface area (Å²) in [5.41, 5.74) is -3.42. The van der Waals surface area contributed by atoms with Gasteiger partial charge in [0.15, 0.2) is 23.3 Å². The molecular weight excluding hydrogens is 421 g/mol. The van der Waals surface area contributed by atoms with Gasteiger partial charge in [-0.05, 0) is 11.3 Å². The molecule has 11 heteroatoms. The van der Waals surface area contributed by atoms with E-state index in [1.165, 1.54) is 13.8 Å². The van der Waals surface area contributed by atoms with Gasteiger partial charge in [-0.1, -0.05) is 31.5 Å². The third kappa shape index (κ3) is 3.98. The zero-order valence-corrected chi connectivity index (χ0v) is 15.2. The first-order valence-corrected chi connectivity index (χ1v) is 8.18. The Balaban J connectivity index is 2.18. The maximum absolute atomic E-state index is 13.9. The number of halogens is 8. The highest BCUT2D eigenvalue weighted by molar-refractivity contribution is 6.30. The molecule has 28 heavy (non-hydrogen) atoms. The summed E-state index contributed by atoms with van der Waals surface area (Å²) >= 11 is 5.15. The van der Waals surface area contributed by atoms with Gasteiger partial charge in [0.25, 0.3) is 0 Å². The molecule has 0 aromatic heterocycles. The lowest BCUT2D eigenvalue weighted by molar-refractivity contribution is -0.147. The summed E-state index contributed by atoms with van der Waals surface area (Å²) in [6.45, 7) is 0.427. The molecule has 156 valence electrons. The van der Waals surface area contributed by atoms with Crippen LogP contribution in [-0.4, -0.2) is 17.3 Å². The van der Waals surface area contributed by atoms with Gasteiger partial charge < -0.3 is 9.84 Å². The van der Waals surface area contributed by atoms with Crippen molar-refractivity contribution in [2.24, 2.45) is 17.3 Å². The number of allylic oxidation sites excluding steroid dienone is 2.